The van der Waals surface area contributed by atoms with Crippen molar-refractivity contribution < 1.29 is 8.42 Å². The molecule has 1 unspecified atom stereocenters. The van der Waals surface area contributed by atoms with Crippen LogP contribution in [0.15, 0.2) is 29.2 Å². The predicted octanol–water partition coefficient (Wildman–Crippen LogP) is 2.55. The molecule has 4 heteroatoms. The maximum Gasteiger partial charge on any atom is 0.180 e. The summed E-state index contributed by atoms with van der Waals surface area (Å²) in [6.07, 6.45) is 1.87. The zero-order valence-electron chi connectivity index (χ0n) is 11.4. The van der Waals surface area contributed by atoms with E-state index < -0.39 is 9.84 Å². The van der Waals surface area contributed by atoms with E-state index in [4.69, 9.17) is 0 Å². The van der Waals surface area contributed by atoms with E-state index in [1.807, 2.05) is 26.0 Å². The van der Waals surface area contributed by atoms with Crippen molar-refractivity contribution >= 4 is 9.84 Å². The molecule has 1 rings (SSSR count). The third-order valence-electron chi connectivity index (χ3n) is 2.98. The Morgan fingerprint density at radius 1 is 1.22 bits per heavy atom. The first-order valence-corrected chi connectivity index (χ1v) is 8.18. The van der Waals surface area contributed by atoms with Gasteiger partial charge in [0, 0.05) is 6.04 Å². The van der Waals surface area contributed by atoms with Crippen LogP contribution in [-0.2, 0) is 9.84 Å². The van der Waals surface area contributed by atoms with Crippen LogP contribution in [0.1, 0.15) is 32.3 Å². The molecule has 3 nitrogen and oxygen atoms in total. The summed E-state index contributed by atoms with van der Waals surface area (Å²) in [7, 11) is -3.20. The molecule has 0 aliphatic rings. The van der Waals surface area contributed by atoms with Gasteiger partial charge >= 0.3 is 0 Å². The number of aryl methyl sites for hydroxylation is 1. The molecule has 1 atom stereocenters. The first-order valence-electron chi connectivity index (χ1n) is 6.53. The van der Waals surface area contributed by atoms with Crippen LogP contribution in [0.5, 0.6) is 0 Å². The van der Waals surface area contributed by atoms with Gasteiger partial charge in [-0.05, 0) is 31.5 Å². The van der Waals surface area contributed by atoms with Gasteiger partial charge in [-0.2, -0.15) is 0 Å². The normalized spacial score (nSPS) is 13.5. The highest BCUT2D eigenvalue weighted by molar-refractivity contribution is 7.91. The molecule has 1 aromatic rings. The van der Waals surface area contributed by atoms with Gasteiger partial charge < -0.3 is 5.32 Å². The second kappa shape index (κ2) is 6.90. The summed E-state index contributed by atoms with van der Waals surface area (Å²) in [4.78, 5) is 0.462. The van der Waals surface area contributed by atoms with E-state index in [-0.39, 0.29) is 11.8 Å². The molecule has 0 saturated carbocycles. The number of rotatable bonds is 7. The largest absolute Gasteiger partial charge is 0.313 e. The third kappa shape index (κ3) is 4.10. The van der Waals surface area contributed by atoms with E-state index in [9.17, 15) is 8.42 Å². The van der Waals surface area contributed by atoms with Crippen molar-refractivity contribution in [1.29, 1.82) is 0 Å². The summed E-state index contributed by atoms with van der Waals surface area (Å²) < 4.78 is 24.7. The molecular weight excluding hydrogens is 246 g/mol. The van der Waals surface area contributed by atoms with Gasteiger partial charge in [0.2, 0.25) is 0 Å². The molecule has 0 aliphatic carbocycles. The van der Waals surface area contributed by atoms with Crippen LogP contribution in [0.3, 0.4) is 0 Å². The second-order valence-electron chi connectivity index (χ2n) is 4.59. The molecule has 102 valence electrons. The van der Waals surface area contributed by atoms with Crippen molar-refractivity contribution in [3.63, 3.8) is 0 Å². The van der Waals surface area contributed by atoms with Crippen molar-refractivity contribution in [3.05, 3.63) is 29.8 Å². The van der Waals surface area contributed by atoms with Gasteiger partial charge in [-0.3, -0.25) is 0 Å². The number of nitrogens with one attached hydrogen (secondary N) is 1. The van der Waals surface area contributed by atoms with Gasteiger partial charge in [-0.1, -0.05) is 38.5 Å². The first kappa shape index (κ1) is 15.2. The molecule has 1 N–H and O–H groups in total. The van der Waals surface area contributed by atoms with Crippen LogP contribution in [0.4, 0.5) is 0 Å². The zero-order chi connectivity index (χ0) is 13.6. The standard InChI is InChI=1S/C14H23NO2S/c1-4-8-13(15-5-2)11-18(16,17)14-10-7-6-9-12(14)3/h6-7,9-10,13,15H,4-5,8,11H2,1-3H3. The van der Waals surface area contributed by atoms with E-state index in [0.29, 0.717) is 4.90 Å². The van der Waals surface area contributed by atoms with E-state index in [2.05, 4.69) is 12.2 Å². The number of hydrogen-bond acceptors (Lipinski definition) is 3. The Kier molecular flexibility index (Phi) is 5.82. The molecule has 0 bridgehead atoms. The van der Waals surface area contributed by atoms with E-state index in [0.717, 1.165) is 24.9 Å². The Bertz CT molecular complexity index is 462. The maximum absolute atomic E-state index is 12.4. The Morgan fingerprint density at radius 2 is 1.89 bits per heavy atom. The molecule has 0 fully saturated rings. The van der Waals surface area contributed by atoms with Gasteiger partial charge in [0.1, 0.15) is 0 Å². The summed E-state index contributed by atoms with van der Waals surface area (Å²) >= 11 is 0. The molecule has 0 saturated heterocycles. The average Bonchev–Trinajstić information content (AvgIpc) is 2.29. The minimum absolute atomic E-state index is 0.0459. The first-order chi connectivity index (χ1) is 8.51. The van der Waals surface area contributed by atoms with E-state index in [1.54, 1.807) is 12.1 Å². The number of hydrogen-bond donors (Lipinski definition) is 1. The lowest BCUT2D eigenvalue weighted by molar-refractivity contribution is 0.512. The minimum Gasteiger partial charge on any atom is -0.313 e. The lowest BCUT2D eigenvalue weighted by Gasteiger charge is -2.17. The molecule has 0 aromatic heterocycles. The lowest BCUT2D eigenvalue weighted by Crippen LogP contribution is -2.35. The molecule has 0 amide bonds. The summed E-state index contributed by atoms with van der Waals surface area (Å²) in [6, 6.07) is 7.23. The molecule has 18 heavy (non-hydrogen) atoms. The fraction of sp³-hybridized carbons (Fsp3) is 0.571. The number of sulfone groups is 1. The van der Waals surface area contributed by atoms with Gasteiger partial charge in [0.15, 0.2) is 9.84 Å². The van der Waals surface area contributed by atoms with Gasteiger partial charge in [-0.15, -0.1) is 0 Å². The van der Waals surface area contributed by atoms with Crippen LogP contribution in [0, 0.1) is 6.92 Å². The van der Waals surface area contributed by atoms with Crippen LogP contribution < -0.4 is 5.32 Å². The predicted molar refractivity (Wildman–Crippen MR) is 75.6 cm³/mol. The molecule has 1 aromatic carbocycles. The molecule has 0 spiro atoms. The Labute approximate surface area is 111 Å². The van der Waals surface area contributed by atoms with E-state index in [1.165, 1.54) is 0 Å². The Hall–Kier alpha value is -0.870. The van der Waals surface area contributed by atoms with Crippen LogP contribution in [0.2, 0.25) is 0 Å². The van der Waals surface area contributed by atoms with Crippen LogP contribution >= 0.6 is 0 Å². The smallest absolute Gasteiger partial charge is 0.180 e. The van der Waals surface area contributed by atoms with Crippen LogP contribution in [-0.4, -0.2) is 26.8 Å². The van der Waals surface area contributed by atoms with Crippen molar-refractivity contribution in [1.82, 2.24) is 5.32 Å². The zero-order valence-corrected chi connectivity index (χ0v) is 12.3. The third-order valence-corrected chi connectivity index (χ3v) is 4.95. The molecule has 0 radical (unpaired) electrons. The summed E-state index contributed by atoms with van der Waals surface area (Å²) in [5.74, 6) is 0.180. The Balaban J connectivity index is 2.90. The van der Waals surface area contributed by atoms with Crippen molar-refractivity contribution in [3.8, 4) is 0 Å². The molecule has 0 aliphatic heterocycles. The highest BCUT2D eigenvalue weighted by Gasteiger charge is 2.21. The van der Waals surface area contributed by atoms with Gasteiger partial charge in [0.25, 0.3) is 0 Å². The quantitative estimate of drug-likeness (QED) is 0.827. The topological polar surface area (TPSA) is 46.2 Å². The number of benzene rings is 1. The Morgan fingerprint density at radius 3 is 2.44 bits per heavy atom. The highest BCUT2D eigenvalue weighted by atomic mass is 32.2. The van der Waals surface area contributed by atoms with Crippen molar-refractivity contribution in [2.45, 2.75) is 44.6 Å². The van der Waals surface area contributed by atoms with Gasteiger partial charge in [-0.25, -0.2) is 8.42 Å². The second-order valence-corrected chi connectivity index (χ2v) is 6.59. The summed E-state index contributed by atoms with van der Waals surface area (Å²) in [6.45, 7) is 6.72. The molecule has 0 heterocycles. The average molecular weight is 269 g/mol. The van der Waals surface area contributed by atoms with Crippen molar-refractivity contribution in [2.75, 3.05) is 12.3 Å². The minimum atomic E-state index is -3.20. The monoisotopic (exact) mass is 269 g/mol. The van der Waals surface area contributed by atoms with Gasteiger partial charge in [0.05, 0.1) is 10.6 Å². The maximum atomic E-state index is 12.4. The van der Waals surface area contributed by atoms with Crippen LogP contribution in [0.25, 0.3) is 0 Å². The molecular formula is C14H23NO2S. The fourth-order valence-corrected chi connectivity index (χ4v) is 3.98. The van der Waals surface area contributed by atoms with Crippen molar-refractivity contribution in [2.24, 2.45) is 0 Å². The van der Waals surface area contributed by atoms with E-state index >= 15 is 0 Å². The summed E-state index contributed by atoms with van der Waals surface area (Å²) in [5, 5.41) is 3.25. The lowest BCUT2D eigenvalue weighted by atomic mass is 10.2. The SMILES string of the molecule is CCCC(CS(=O)(=O)c1ccccc1C)NCC. The highest BCUT2D eigenvalue weighted by Crippen LogP contribution is 2.17. The summed E-state index contributed by atoms with van der Waals surface area (Å²) in [5.41, 5.74) is 0.823. The fourth-order valence-electron chi connectivity index (χ4n) is 2.14.